The Labute approximate surface area is 152 Å². The van der Waals surface area contributed by atoms with Gasteiger partial charge in [-0.1, -0.05) is 36.4 Å². The Morgan fingerprint density at radius 3 is 2.72 bits per heavy atom. The molecular weight excluding hydrogens is 334 g/mol. The monoisotopic (exact) mass is 357 g/mol. The van der Waals surface area contributed by atoms with Crippen LogP contribution in [-0.4, -0.2) is 50.5 Å². The Morgan fingerprint density at radius 2 is 2.00 bits per heavy atom. The van der Waals surface area contributed by atoms with Gasteiger partial charge < -0.3 is 4.74 Å². The second-order valence-corrected chi connectivity index (χ2v) is 7.01. The Hall–Kier alpha value is -1.83. The van der Waals surface area contributed by atoms with Gasteiger partial charge in [0.15, 0.2) is 0 Å². The molecule has 0 spiro atoms. The molecule has 132 valence electrons. The van der Waals surface area contributed by atoms with E-state index < -0.39 is 0 Å². The van der Waals surface area contributed by atoms with Crippen molar-refractivity contribution < 1.29 is 4.74 Å². The minimum atomic E-state index is 0.225. The maximum atomic E-state index is 5.66. The maximum absolute atomic E-state index is 5.66. The van der Waals surface area contributed by atoms with Gasteiger partial charge in [-0.15, -0.1) is 0 Å². The summed E-state index contributed by atoms with van der Waals surface area (Å²) in [4.78, 5) is 2.34. The molecule has 2 aliphatic heterocycles. The van der Waals surface area contributed by atoms with Gasteiger partial charge in [0.05, 0.1) is 19.3 Å². The summed E-state index contributed by atoms with van der Waals surface area (Å²) >= 11 is 5.53. The molecule has 3 heterocycles. The molecule has 1 fully saturated rings. The first kappa shape index (κ1) is 16.6. The summed E-state index contributed by atoms with van der Waals surface area (Å²) in [7, 11) is 0. The average Bonchev–Trinajstić information content (AvgIpc) is 3.29. The first-order chi connectivity index (χ1) is 12.3. The second kappa shape index (κ2) is 7.59. The Morgan fingerprint density at radius 1 is 1.16 bits per heavy atom. The van der Waals surface area contributed by atoms with Crippen molar-refractivity contribution in [3.8, 4) is 0 Å². The molecule has 25 heavy (non-hydrogen) atoms. The highest BCUT2D eigenvalue weighted by Crippen LogP contribution is 2.22. The minimum Gasteiger partial charge on any atom is -0.376 e. The summed E-state index contributed by atoms with van der Waals surface area (Å²) in [6, 6.07) is 10.6. The number of aromatic nitrogens is 4. The molecule has 0 amide bonds. The number of hydrogen-bond donors (Lipinski definition) is 0. The van der Waals surface area contributed by atoms with Crippen molar-refractivity contribution in [1.82, 2.24) is 24.7 Å². The van der Waals surface area contributed by atoms with Crippen LogP contribution in [0.25, 0.3) is 5.57 Å². The number of nitrogens with zero attached hydrogens (tertiary/aromatic N) is 5. The molecule has 2 aromatic rings. The van der Waals surface area contributed by atoms with E-state index in [0.717, 1.165) is 39.0 Å². The number of tetrazole rings is 1. The molecule has 1 aromatic heterocycles. The largest absolute Gasteiger partial charge is 0.376 e. The van der Waals surface area contributed by atoms with Crippen LogP contribution in [0.4, 0.5) is 0 Å². The van der Waals surface area contributed by atoms with Crippen molar-refractivity contribution in [3.63, 3.8) is 0 Å². The lowest BCUT2D eigenvalue weighted by Crippen LogP contribution is -2.31. The molecule has 1 aromatic carbocycles. The SMILES string of the molecule is S=c1n(C[C@@H]2CCCO2)nnn1CN1CC=C(c2ccccc2)CC1. The third-order valence-electron chi connectivity index (χ3n) is 4.87. The third kappa shape index (κ3) is 3.89. The Bertz CT molecular complexity index is 791. The van der Waals surface area contributed by atoms with Crippen LogP contribution in [0.15, 0.2) is 36.4 Å². The highest BCUT2D eigenvalue weighted by atomic mass is 32.1. The van der Waals surface area contributed by atoms with E-state index in [2.05, 4.69) is 51.7 Å². The summed E-state index contributed by atoms with van der Waals surface area (Å²) < 4.78 is 9.94. The van der Waals surface area contributed by atoms with Gasteiger partial charge in [-0.05, 0) is 53.0 Å². The highest BCUT2D eigenvalue weighted by Gasteiger charge is 2.19. The van der Waals surface area contributed by atoms with Crippen LogP contribution in [0.1, 0.15) is 24.8 Å². The van der Waals surface area contributed by atoms with Crippen molar-refractivity contribution in [2.24, 2.45) is 0 Å². The van der Waals surface area contributed by atoms with Crippen LogP contribution in [0.3, 0.4) is 0 Å². The second-order valence-electron chi connectivity index (χ2n) is 6.64. The topological polar surface area (TPSA) is 48.1 Å². The maximum Gasteiger partial charge on any atom is 0.217 e. The molecule has 0 N–H and O–H groups in total. The zero-order valence-electron chi connectivity index (χ0n) is 14.3. The summed E-state index contributed by atoms with van der Waals surface area (Å²) in [6.07, 6.45) is 5.77. The van der Waals surface area contributed by atoms with Crippen LogP contribution in [0, 0.1) is 4.77 Å². The number of ether oxygens (including phenoxy) is 1. The van der Waals surface area contributed by atoms with Crippen LogP contribution < -0.4 is 0 Å². The van der Waals surface area contributed by atoms with Crippen molar-refractivity contribution in [1.29, 1.82) is 0 Å². The smallest absolute Gasteiger partial charge is 0.217 e. The molecule has 0 radical (unpaired) electrons. The summed E-state index contributed by atoms with van der Waals surface area (Å²) in [6.45, 7) is 4.14. The number of benzene rings is 1. The fraction of sp³-hybridized carbons (Fsp3) is 0.500. The van der Waals surface area contributed by atoms with Crippen molar-refractivity contribution in [2.45, 2.75) is 38.6 Å². The lowest BCUT2D eigenvalue weighted by molar-refractivity contribution is 0.0930. The predicted octanol–water partition coefficient (Wildman–Crippen LogP) is 2.73. The first-order valence-corrected chi connectivity index (χ1v) is 9.29. The molecule has 1 saturated heterocycles. The van der Waals surface area contributed by atoms with E-state index in [1.165, 1.54) is 11.1 Å². The van der Waals surface area contributed by atoms with Gasteiger partial charge in [0.25, 0.3) is 0 Å². The van der Waals surface area contributed by atoms with E-state index >= 15 is 0 Å². The fourth-order valence-corrected chi connectivity index (χ4v) is 3.64. The van der Waals surface area contributed by atoms with Gasteiger partial charge in [0, 0.05) is 19.7 Å². The quantitative estimate of drug-likeness (QED) is 0.770. The van der Waals surface area contributed by atoms with Gasteiger partial charge in [0.2, 0.25) is 4.77 Å². The summed E-state index contributed by atoms with van der Waals surface area (Å²) in [5.74, 6) is 0. The number of hydrogen-bond acceptors (Lipinski definition) is 5. The number of rotatable bonds is 5. The Balaban J connectivity index is 1.38. The molecule has 2 aliphatic rings. The molecule has 1 atom stereocenters. The van der Waals surface area contributed by atoms with E-state index in [4.69, 9.17) is 17.0 Å². The lowest BCUT2D eigenvalue weighted by atomic mass is 10.00. The van der Waals surface area contributed by atoms with Crippen molar-refractivity contribution >= 4 is 17.8 Å². The zero-order valence-corrected chi connectivity index (χ0v) is 15.1. The molecule has 0 aliphatic carbocycles. The molecular formula is C18H23N5OS. The molecule has 0 unspecified atom stereocenters. The standard InChI is InChI=1S/C18H23N5OS/c25-18-22(13-17-7-4-12-24-17)19-20-23(18)14-21-10-8-16(9-11-21)15-5-2-1-3-6-15/h1-3,5-6,8,17H,4,7,9-14H2/t17-/m0/s1. The van der Waals surface area contributed by atoms with Crippen LogP contribution in [0.5, 0.6) is 0 Å². The third-order valence-corrected chi connectivity index (χ3v) is 5.29. The lowest BCUT2D eigenvalue weighted by Gasteiger charge is -2.25. The van der Waals surface area contributed by atoms with Gasteiger partial charge in [-0.25, -0.2) is 9.36 Å². The van der Waals surface area contributed by atoms with Crippen molar-refractivity contribution in [3.05, 3.63) is 46.7 Å². The van der Waals surface area contributed by atoms with Crippen LogP contribution >= 0.6 is 12.2 Å². The molecule has 0 saturated carbocycles. The highest BCUT2D eigenvalue weighted by molar-refractivity contribution is 7.71. The molecule has 7 heteroatoms. The summed E-state index contributed by atoms with van der Waals surface area (Å²) in [5.41, 5.74) is 2.74. The van der Waals surface area contributed by atoms with Gasteiger partial charge in [-0.2, -0.15) is 0 Å². The molecule has 4 rings (SSSR count). The van der Waals surface area contributed by atoms with Gasteiger partial charge >= 0.3 is 0 Å². The van der Waals surface area contributed by atoms with E-state index in [-0.39, 0.29) is 6.10 Å². The van der Waals surface area contributed by atoms with Crippen LogP contribution in [-0.2, 0) is 18.0 Å². The first-order valence-electron chi connectivity index (χ1n) is 8.88. The molecule has 6 nitrogen and oxygen atoms in total. The van der Waals surface area contributed by atoms with Gasteiger partial charge in [-0.3, -0.25) is 4.90 Å². The zero-order chi connectivity index (χ0) is 17.1. The average molecular weight is 357 g/mol. The van der Waals surface area contributed by atoms with Crippen molar-refractivity contribution in [2.75, 3.05) is 19.7 Å². The van der Waals surface area contributed by atoms with Crippen LogP contribution in [0.2, 0.25) is 0 Å². The normalized spacial score (nSPS) is 21.4. The fourth-order valence-electron chi connectivity index (χ4n) is 3.43. The van der Waals surface area contributed by atoms with E-state index in [1.807, 2.05) is 4.68 Å². The van der Waals surface area contributed by atoms with E-state index in [1.54, 1.807) is 4.68 Å². The van der Waals surface area contributed by atoms with E-state index in [0.29, 0.717) is 18.0 Å². The Kier molecular flexibility index (Phi) is 5.05. The summed E-state index contributed by atoms with van der Waals surface area (Å²) in [5, 5.41) is 8.45. The van der Waals surface area contributed by atoms with E-state index in [9.17, 15) is 0 Å². The minimum absolute atomic E-state index is 0.225. The van der Waals surface area contributed by atoms with Gasteiger partial charge in [0.1, 0.15) is 0 Å². The molecule has 0 bridgehead atoms. The predicted molar refractivity (Wildman–Crippen MR) is 98.4 cm³/mol.